The smallest absolute Gasteiger partial charge is 0.320 e. The molecule has 3 heterocycles. The number of nitrogens with zero attached hydrogens (tertiary/aromatic N) is 3. The Hall–Kier alpha value is -1.63. The molecule has 2 saturated heterocycles. The van der Waals surface area contributed by atoms with Gasteiger partial charge in [0.25, 0.3) is 0 Å². The third-order valence-corrected chi connectivity index (χ3v) is 4.92. The predicted octanol–water partition coefficient (Wildman–Crippen LogP) is 1.63. The number of aromatic nitrogens is 1. The van der Waals surface area contributed by atoms with Crippen LogP contribution in [0.4, 0.5) is 4.79 Å². The molecule has 6 nitrogen and oxygen atoms in total. The number of urea groups is 1. The number of hydrogen-bond donors (Lipinski definition) is 1. The van der Waals surface area contributed by atoms with Crippen molar-refractivity contribution in [3.63, 3.8) is 0 Å². The largest absolute Gasteiger partial charge is 0.481 e. The van der Waals surface area contributed by atoms with E-state index in [1.54, 1.807) is 22.4 Å². The maximum absolute atomic E-state index is 12.5. The van der Waals surface area contributed by atoms with Gasteiger partial charge in [0, 0.05) is 24.5 Å². The zero-order valence-corrected chi connectivity index (χ0v) is 12.0. The van der Waals surface area contributed by atoms with Crippen LogP contribution in [0.3, 0.4) is 0 Å². The SMILES string of the molecule is CN(Cc1cscn1)C(=O)N1C2CCC1C(C(=O)O)C2. The first kappa shape index (κ1) is 13.4. The first-order valence-corrected chi connectivity index (χ1v) is 7.65. The number of carbonyl (C=O) groups is 2. The average Bonchev–Trinajstić information content (AvgIpc) is 3.12. The van der Waals surface area contributed by atoms with E-state index in [9.17, 15) is 14.7 Å². The van der Waals surface area contributed by atoms with E-state index in [-0.39, 0.29) is 18.1 Å². The summed E-state index contributed by atoms with van der Waals surface area (Å²) in [6.45, 7) is 0.468. The molecule has 0 radical (unpaired) electrons. The first-order valence-electron chi connectivity index (χ1n) is 6.71. The van der Waals surface area contributed by atoms with Gasteiger partial charge in [0.05, 0.1) is 23.7 Å². The van der Waals surface area contributed by atoms with Crippen molar-refractivity contribution < 1.29 is 14.7 Å². The Morgan fingerprint density at radius 2 is 2.35 bits per heavy atom. The van der Waals surface area contributed by atoms with E-state index in [1.807, 2.05) is 5.38 Å². The second kappa shape index (κ2) is 5.05. The van der Waals surface area contributed by atoms with Gasteiger partial charge in [0.15, 0.2) is 0 Å². The number of hydrogen-bond acceptors (Lipinski definition) is 4. The van der Waals surface area contributed by atoms with E-state index in [4.69, 9.17) is 0 Å². The summed E-state index contributed by atoms with van der Waals surface area (Å²) in [6, 6.07) is -0.122. The molecule has 2 aliphatic heterocycles. The average molecular weight is 295 g/mol. The van der Waals surface area contributed by atoms with Crippen molar-refractivity contribution in [2.75, 3.05) is 7.05 Å². The molecule has 0 aromatic carbocycles. The van der Waals surface area contributed by atoms with Crippen LogP contribution >= 0.6 is 11.3 Å². The molecular formula is C13H17N3O3S. The number of carboxylic acids is 1. The molecule has 2 bridgehead atoms. The molecule has 0 spiro atoms. The highest BCUT2D eigenvalue weighted by Crippen LogP contribution is 2.42. The molecule has 1 N–H and O–H groups in total. The van der Waals surface area contributed by atoms with Crippen LogP contribution in [0.1, 0.15) is 25.0 Å². The molecule has 1 aromatic heterocycles. The molecule has 1 aromatic rings. The van der Waals surface area contributed by atoms with E-state index < -0.39 is 11.9 Å². The molecule has 20 heavy (non-hydrogen) atoms. The molecule has 108 valence electrons. The monoisotopic (exact) mass is 295 g/mol. The number of rotatable bonds is 3. The summed E-state index contributed by atoms with van der Waals surface area (Å²) in [4.78, 5) is 31.3. The van der Waals surface area contributed by atoms with Gasteiger partial charge in [-0.05, 0) is 19.3 Å². The lowest BCUT2D eigenvalue weighted by Crippen LogP contribution is -2.44. The standard InChI is InChI=1S/C13H17N3O3S/c1-15(5-8-6-20-7-14-8)13(19)16-9-2-3-11(16)10(4-9)12(17)18/h6-7,9-11H,2-5H2,1H3,(H,17,18). The van der Waals surface area contributed by atoms with Crippen LogP contribution in [0.2, 0.25) is 0 Å². The fraction of sp³-hybridized carbons (Fsp3) is 0.615. The zero-order valence-electron chi connectivity index (χ0n) is 11.2. The van der Waals surface area contributed by atoms with Gasteiger partial charge < -0.3 is 14.9 Å². The Morgan fingerprint density at radius 3 is 2.95 bits per heavy atom. The Morgan fingerprint density at radius 1 is 1.55 bits per heavy atom. The molecule has 7 heteroatoms. The van der Waals surface area contributed by atoms with Crippen LogP contribution in [0.25, 0.3) is 0 Å². The lowest BCUT2D eigenvalue weighted by atomic mass is 9.89. The van der Waals surface area contributed by atoms with Crippen LogP contribution in [0.15, 0.2) is 10.9 Å². The van der Waals surface area contributed by atoms with Crippen molar-refractivity contribution in [2.24, 2.45) is 5.92 Å². The Labute approximate surface area is 121 Å². The normalized spacial score (nSPS) is 27.9. The van der Waals surface area contributed by atoms with Gasteiger partial charge in [0.1, 0.15) is 0 Å². The minimum absolute atomic E-state index is 0.0748. The molecule has 3 rings (SSSR count). The molecule has 2 amide bonds. The third kappa shape index (κ3) is 2.15. The fourth-order valence-electron chi connectivity index (χ4n) is 3.38. The molecule has 3 unspecified atom stereocenters. The number of aliphatic carboxylic acids is 1. The number of thiazole rings is 1. The van der Waals surface area contributed by atoms with Gasteiger partial charge in [-0.25, -0.2) is 9.78 Å². The van der Waals surface area contributed by atoms with Crippen molar-refractivity contribution in [2.45, 2.75) is 37.9 Å². The highest BCUT2D eigenvalue weighted by molar-refractivity contribution is 7.07. The summed E-state index contributed by atoms with van der Waals surface area (Å²) < 4.78 is 0. The van der Waals surface area contributed by atoms with Gasteiger partial charge in [0.2, 0.25) is 0 Å². The molecule has 0 saturated carbocycles. The predicted molar refractivity (Wildman–Crippen MR) is 73.4 cm³/mol. The maximum atomic E-state index is 12.5. The number of amides is 2. The van der Waals surface area contributed by atoms with Crippen molar-refractivity contribution in [1.29, 1.82) is 0 Å². The van der Waals surface area contributed by atoms with E-state index in [0.29, 0.717) is 13.0 Å². The molecule has 2 fully saturated rings. The summed E-state index contributed by atoms with van der Waals surface area (Å²) in [5.74, 6) is -1.18. The van der Waals surface area contributed by atoms with Crippen LogP contribution in [0.5, 0.6) is 0 Å². The molecular weight excluding hydrogens is 278 g/mol. The number of carbonyl (C=O) groups excluding carboxylic acids is 1. The van der Waals surface area contributed by atoms with Crippen LogP contribution in [0, 0.1) is 5.92 Å². The molecule has 0 aliphatic carbocycles. The van der Waals surface area contributed by atoms with Gasteiger partial charge in [-0.2, -0.15) is 0 Å². The van der Waals surface area contributed by atoms with E-state index >= 15 is 0 Å². The van der Waals surface area contributed by atoms with Crippen molar-refractivity contribution in [3.8, 4) is 0 Å². The van der Waals surface area contributed by atoms with Crippen molar-refractivity contribution in [1.82, 2.24) is 14.8 Å². The van der Waals surface area contributed by atoms with E-state index in [0.717, 1.165) is 18.5 Å². The minimum atomic E-state index is -0.780. The summed E-state index contributed by atoms with van der Waals surface area (Å²) in [7, 11) is 1.75. The molecule has 2 aliphatic rings. The van der Waals surface area contributed by atoms with Gasteiger partial charge in [-0.3, -0.25) is 4.79 Å². The lowest BCUT2D eigenvalue weighted by Gasteiger charge is -2.28. The summed E-state index contributed by atoms with van der Waals surface area (Å²) in [5.41, 5.74) is 2.61. The Kier molecular flexibility index (Phi) is 3.37. The summed E-state index contributed by atoms with van der Waals surface area (Å²) in [5, 5.41) is 11.1. The quantitative estimate of drug-likeness (QED) is 0.920. The number of carboxylic acid groups (broad SMARTS) is 1. The maximum Gasteiger partial charge on any atom is 0.320 e. The number of fused-ring (bicyclic) bond motifs is 2. The zero-order chi connectivity index (χ0) is 14.3. The highest BCUT2D eigenvalue weighted by Gasteiger charge is 2.51. The van der Waals surface area contributed by atoms with Crippen LogP contribution in [-0.2, 0) is 11.3 Å². The topological polar surface area (TPSA) is 73.7 Å². The Bertz CT molecular complexity index is 519. The van der Waals surface area contributed by atoms with Crippen molar-refractivity contribution >= 4 is 23.3 Å². The van der Waals surface area contributed by atoms with Gasteiger partial charge in [-0.1, -0.05) is 0 Å². The van der Waals surface area contributed by atoms with Crippen LogP contribution in [-0.4, -0.2) is 51.0 Å². The second-order valence-corrected chi connectivity index (χ2v) is 6.22. The minimum Gasteiger partial charge on any atom is -0.481 e. The van der Waals surface area contributed by atoms with E-state index in [1.165, 1.54) is 11.3 Å². The third-order valence-electron chi connectivity index (χ3n) is 4.28. The van der Waals surface area contributed by atoms with E-state index in [2.05, 4.69) is 4.98 Å². The lowest BCUT2D eigenvalue weighted by molar-refractivity contribution is -0.142. The summed E-state index contributed by atoms with van der Waals surface area (Å²) >= 11 is 1.50. The summed E-state index contributed by atoms with van der Waals surface area (Å²) in [6.07, 6.45) is 2.32. The van der Waals surface area contributed by atoms with Crippen molar-refractivity contribution in [3.05, 3.63) is 16.6 Å². The van der Waals surface area contributed by atoms with Gasteiger partial charge >= 0.3 is 12.0 Å². The van der Waals surface area contributed by atoms with Gasteiger partial charge in [-0.15, -0.1) is 11.3 Å². The highest BCUT2D eigenvalue weighted by atomic mass is 32.1. The first-order chi connectivity index (χ1) is 9.58. The second-order valence-electron chi connectivity index (χ2n) is 5.50. The van der Waals surface area contributed by atoms with Crippen LogP contribution < -0.4 is 0 Å². The Balaban J connectivity index is 1.70. The fourth-order valence-corrected chi connectivity index (χ4v) is 3.93. The molecule has 3 atom stereocenters.